The average Bonchev–Trinajstić information content (AvgIpc) is 2.98. The Balaban J connectivity index is 1.65. The number of carbonyl (C=O) groups excluding carboxylic acids is 2. The first kappa shape index (κ1) is 18.3. The topological polar surface area (TPSA) is 58.6 Å². The molecule has 0 aliphatic carbocycles. The Kier molecular flexibility index (Phi) is 5.47. The summed E-state index contributed by atoms with van der Waals surface area (Å²) in [4.78, 5) is 26.6. The fourth-order valence-electron chi connectivity index (χ4n) is 3.03. The quantitative estimate of drug-likeness (QED) is 0.871. The molecule has 0 radical (unpaired) electrons. The molecule has 6 heteroatoms. The molecule has 136 valence electrons. The number of anilines is 1. The molecule has 1 heterocycles. The molecule has 0 aromatic heterocycles. The van der Waals surface area contributed by atoms with Gasteiger partial charge < -0.3 is 15.0 Å². The first-order valence-corrected chi connectivity index (χ1v) is 8.82. The highest BCUT2D eigenvalue weighted by Crippen LogP contribution is 2.29. The molecule has 1 N–H and O–H groups in total. The maximum atomic E-state index is 12.6. The van der Waals surface area contributed by atoms with Gasteiger partial charge in [0, 0.05) is 24.5 Å². The third-order valence-electron chi connectivity index (χ3n) is 4.50. The van der Waals surface area contributed by atoms with Crippen LogP contribution in [0.3, 0.4) is 0 Å². The van der Waals surface area contributed by atoms with E-state index in [0.29, 0.717) is 29.5 Å². The van der Waals surface area contributed by atoms with Gasteiger partial charge in [0.15, 0.2) is 0 Å². The second-order valence-electron chi connectivity index (χ2n) is 6.49. The Labute approximate surface area is 157 Å². The number of ether oxygens (including phenoxy) is 1. The van der Waals surface area contributed by atoms with Crippen LogP contribution in [0.1, 0.15) is 17.5 Å². The minimum Gasteiger partial charge on any atom is -0.495 e. The van der Waals surface area contributed by atoms with Crippen LogP contribution in [0.5, 0.6) is 5.75 Å². The summed E-state index contributed by atoms with van der Waals surface area (Å²) in [5, 5.41) is 3.33. The second-order valence-corrected chi connectivity index (χ2v) is 6.93. The zero-order chi connectivity index (χ0) is 18.7. The van der Waals surface area contributed by atoms with Crippen molar-refractivity contribution in [3.8, 4) is 5.75 Å². The Morgan fingerprint density at radius 2 is 2.00 bits per heavy atom. The van der Waals surface area contributed by atoms with Crippen molar-refractivity contribution in [2.75, 3.05) is 19.0 Å². The number of hydrogen-bond donors (Lipinski definition) is 1. The van der Waals surface area contributed by atoms with E-state index < -0.39 is 5.92 Å². The molecule has 0 saturated carbocycles. The van der Waals surface area contributed by atoms with Crippen LogP contribution in [0.2, 0.25) is 5.02 Å². The Hall–Kier alpha value is -2.53. The molecule has 1 saturated heterocycles. The third kappa shape index (κ3) is 4.17. The van der Waals surface area contributed by atoms with Crippen molar-refractivity contribution < 1.29 is 14.3 Å². The number of aryl methyl sites for hydroxylation is 1. The molecule has 2 amide bonds. The summed E-state index contributed by atoms with van der Waals surface area (Å²) in [6.07, 6.45) is 0.209. The van der Waals surface area contributed by atoms with Crippen molar-refractivity contribution in [3.05, 3.63) is 58.6 Å². The van der Waals surface area contributed by atoms with E-state index in [4.69, 9.17) is 16.3 Å². The van der Waals surface area contributed by atoms with Crippen LogP contribution in [0.4, 0.5) is 5.69 Å². The number of benzene rings is 2. The molecule has 2 aromatic carbocycles. The highest BCUT2D eigenvalue weighted by molar-refractivity contribution is 6.31. The summed E-state index contributed by atoms with van der Waals surface area (Å²) in [5.41, 5.74) is 2.74. The van der Waals surface area contributed by atoms with Crippen LogP contribution in [0, 0.1) is 12.8 Å². The van der Waals surface area contributed by atoms with Crippen molar-refractivity contribution in [3.63, 3.8) is 0 Å². The number of nitrogens with one attached hydrogen (secondary N) is 1. The number of hydrogen-bond acceptors (Lipinski definition) is 3. The molecule has 0 bridgehead atoms. The second kappa shape index (κ2) is 7.79. The van der Waals surface area contributed by atoms with E-state index in [9.17, 15) is 9.59 Å². The average molecular weight is 373 g/mol. The van der Waals surface area contributed by atoms with Crippen LogP contribution in [0.15, 0.2) is 42.5 Å². The molecule has 0 unspecified atom stereocenters. The van der Waals surface area contributed by atoms with Crippen LogP contribution in [0.25, 0.3) is 0 Å². The summed E-state index contributed by atoms with van der Waals surface area (Å²) in [6.45, 7) is 2.94. The van der Waals surface area contributed by atoms with Gasteiger partial charge in [-0.05, 0) is 30.7 Å². The lowest BCUT2D eigenvalue weighted by Crippen LogP contribution is -2.28. The number of methoxy groups -OCH3 is 1. The van der Waals surface area contributed by atoms with Crippen LogP contribution in [-0.4, -0.2) is 30.4 Å². The highest BCUT2D eigenvalue weighted by Gasteiger charge is 2.34. The van der Waals surface area contributed by atoms with E-state index in [1.54, 1.807) is 23.1 Å². The zero-order valence-corrected chi connectivity index (χ0v) is 15.5. The predicted molar refractivity (Wildman–Crippen MR) is 101 cm³/mol. The lowest BCUT2D eigenvalue weighted by atomic mass is 10.1. The number of rotatable bonds is 5. The number of halogens is 1. The Morgan fingerprint density at radius 3 is 2.69 bits per heavy atom. The van der Waals surface area contributed by atoms with Crippen molar-refractivity contribution in [1.29, 1.82) is 0 Å². The van der Waals surface area contributed by atoms with Gasteiger partial charge in [-0.1, -0.05) is 41.4 Å². The predicted octanol–water partition coefficient (Wildman–Crippen LogP) is 3.64. The molecular formula is C20H21ClN2O3. The minimum atomic E-state index is -0.392. The molecule has 1 atom stereocenters. The molecular weight excluding hydrogens is 352 g/mol. The molecule has 3 rings (SSSR count). The fourth-order valence-corrected chi connectivity index (χ4v) is 3.20. The van der Waals surface area contributed by atoms with E-state index in [1.165, 1.54) is 12.7 Å². The third-order valence-corrected chi connectivity index (χ3v) is 4.73. The van der Waals surface area contributed by atoms with Gasteiger partial charge in [0.2, 0.25) is 11.8 Å². The largest absolute Gasteiger partial charge is 0.495 e. The first-order valence-electron chi connectivity index (χ1n) is 8.44. The molecule has 1 fully saturated rings. The van der Waals surface area contributed by atoms with Gasteiger partial charge in [-0.15, -0.1) is 0 Å². The van der Waals surface area contributed by atoms with Gasteiger partial charge in [0.1, 0.15) is 5.75 Å². The smallest absolute Gasteiger partial charge is 0.229 e. The number of carbonyl (C=O) groups is 2. The fraction of sp³-hybridized carbons (Fsp3) is 0.300. The van der Waals surface area contributed by atoms with E-state index in [-0.39, 0.29) is 18.2 Å². The standard InChI is InChI=1S/C20H21ClN2O3/c1-13-3-5-14(6-4-13)11-23-12-15(9-19(23)24)20(25)22-17-10-16(21)7-8-18(17)26-2/h3-8,10,15H,9,11-12H2,1-2H3,(H,22,25)/t15-/m1/s1. The maximum Gasteiger partial charge on any atom is 0.229 e. The molecule has 2 aromatic rings. The van der Waals surface area contributed by atoms with Crippen molar-refractivity contribution in [1.82, 2.24) is 4.90 Å². The lowest BCUT2D eigenvalue weighted by Gasteiger charge is -2.17. The Bertz CT molecular complexity index is 820. The molecule has 5 nitrogen and oxygen atoms in total. The zero-order valence-electron chi connectivity index (χ0n) is 14.8. The molecule has 26 heavy (non-hydrogen) atoms. The van der Waals surface area contributed by atoms with Gasteiger partial charge in [0.05, 0.1) is 18.7 Å². The number of nitrogens with zero attached hydrogens (tertiary/aromatic N) is 1. The van der Waals surface area contributed by atoms with Crippen molar-refractivity contribution in [2.24, 2.45) is 5.92 Å². The van der Waals surface area contributed by atoms with Gasteiger partial charge in [-0.3, -0.25) is 9.59 Å². The number of likely N-dealkylation sites (tertiary alicyclic amines) is 1. The number of amides is 2. The van der Waals surface area contributed by atoms with E-state index >= 15 is 0 Å². The van der Waals surface area contributed by atoms with Crippen LogP contribution in [-0.2, 0) is 16.1 Å². The van der Waals surface area contributed by atoms with E-state index in [0.717, 1.165) is 5.56 Å². The maximum absolute atomic E-state index is 12.6. The van der Waals surface area contributed by atoms with E-state index in [2.05, 4.69) is 5.32 Å². The van der Waals surface area contributed by atoms with Crippen molar-refractivity contribution >= 4 is 29.1 Å². The Morgan fingerprint density at radius 1 is 1.27 bits per heavy atom. The summed E-state index contributed by atoms with van der Waals surface area (Å²) >= 11 is 6.00. The van der Waals surface area contributed by atoms with Gasteiger partial charge in [0.25, 0.3) is 0 Å². The normalized spacial score (nSPS) is 16.7. The summed E-state index contributed by atoms with van der Waals surface area (Å²) in [5.74, 6) is -0.0747. The van der Waals surface area contributed by atoms with Crippen LogP contribution >= 0.6 is 11.6 Å². The summed E-state index contributed by atoms with van der Waals surface area (Å²) in [6, 6.07) is 13.1. The molecule has 0 spiro atoms. The van der Waals surface area contributed by atoms with Crippen LogP contribution < -0.4 is 10.1 Å². The monoisotopic (exact) mass is 372 g/mol. The lowest BCUT2D eigenvalue weighted by molar-refractivity contribution is -0.128. The van der Waals surface area contributed by atoms with E-state index in [1.807, 2.05) is 31.2 Å². The van der Waals surface area contributed by atoms with Crippen molar-refractivity contribution in [2.45, 2.75) is 19.9 Å². The summed E-state index contributed by atoms with van der Waals surface area (Å²) in [7, 11) is 1.53. The summed E-state index contributed by atoms with van der Waals surface area (Å²) < 4.78 is 5.24. The van der Waals surface area contributed by atoms with Gasteiger partial charge in [-0.2, -0.15) is 0 Å². The van der Waals surface area contributed by atoms with Gasteiger partial charge in [-0.25, -0.2) is 0 Å². The SMILES string of the molecule is COc1ccc(Cl)cc1NC(=O)[C@@H]1CC(=O)N(Cc2ccc(C)cc2)C1. The van der Waals surface area contributed by atoms with Gasteiger partial charge >= 0.3 is 0 Å². The minimum absolute atomic E-state index is 0.0104. The first-order chi connectivity index (χ1) is 12.5. The highest BCUT2D eigenvalue weighted by atomic mass is 35.5. The molecule has 1 aliphatic heterocycles. The molecule has 1 aliphatic rings.